The standard InChI is InChI=1S/C14H14O4/c1-18-14(17)13(16)8-12(15)11-6-5-9-3-2-4-10(9)7-11/h5-7H,2-4,8H2,1H3. The van der Waals surface area contributed by atoms with Crippen molar-refractivity contribution in [3.05, 3.63) is 34.9 Å². The zero-order chi connectivity index (χ0) is 13.1. The summed E-state index contributed by atoms with van der Waals surface area (Å²) in [5, 5.41) is 0. The molecule has 1 aliphatic carbocycles. The number of ether oxygens (including phenoxy) is 1. The molecule has 0 bridgehead atoms. The van der Waals surface area contributed by atoms with Crippen molar-refractivity contribution < 1.29 is 19.1 Å². The summed E-state index contributed by atoms with van der Waals surface area (Å²) in [4.78, 5) is 34.1. The van der Waals surface area contributed by atoms with Crippen LogP contribution in [0.3, 0.4) is 0 Å². The zero-order valence-electron chi connectivity index (χ0n) is 10.2. The molecule has 0 saturated heterocycles. The van der Waals surface area contributed by atoms with E-state index in [1.807, 2.05) is 12.1 Å². The molecule has 2 rings (SSSR count). The van der Waals surface area contributed by atoms with Gasteiger partial charge in [-0.2, -0.15) is 0 Å². The molecule has 0 aromatic heterocycles. The van der Waals surface area contributed by atoms with E-state index in [0.717, 1.165) is 26.4 Å². The summed E-state index contributed by atoms with van der Waals surface area (Å²) in [6, 6.07) is 5.48. The second kappa shape index (κ2) is 5.12. The van der Waals surface area contributed by atoms with Gasteiger partial charge in [0.2, 0.25) is 5.78 Å². The number of esters is 1. The third-order valence-corrected chi connectivity index (χ3v) is 3.15. The fourth-order valence-corrected chi connectivity index (χ4v) is 2.18. The molecule has 0 aliphatic heterocycles. The monoisotopic (exact) mass is 246 g/mol. The van der Waals surface area contributed by atoms with Crippen molar-refractivity contribution in [2.75, 3.05) is 7.11 Å². The molecule has 1 aromatic carbocycles. The number of carbonyl (C=O) groups excluding carboxylic acids is 3. The molecule has 0 spiro atoms. The van der Waals surface area contributed by atoms with Crippen LogP contribution in [0.15, 0.2) is 18.2 Å². The van der Waals surface area contributed by atoms with Gasteiger partial charge in [0.25, 0.3) is 0 Å². The Balaban J connectivity index is 2.10. The number of aryl methyl sites for hydroxylation is 2. The molecule has 0 unspecified atom stereocenters. The summed E-state index contributed by atoms with van der Waals surface area (Å²) in [5.74, 6) is -2.10. The van der Waals surface area contributed by atoms with Crippen LogP contribution in [0.25, 0.3) is 0 Å². The van der Waals surface area contributed by atoms with Crippen LogP contribution < -0.4 is 0 Å². The molecule has 0 radical (unpaired) electrons. The largest absolute Gasteiger partial charge is 0.463 e. The molecule has 1 aliphatic rings. The van der Waals surface area contributed by atoms with Gasteiger partial charge in [0.15, 0.2) is 5.78 Å². The number of hydrogen-bond donors (Lipinski definition) is 0. The van der Waals surface area contributed by atoms with Crippen molar-refractivity contribution >= 4 is 17.5 Å². The molecule has 0 saturated carbocycles. The van der Waals surface area contributed by atoms with Crippen LogP contribution in [-0.2, 0) is 27.2 Å². The van der Waals surface area contributed by atoms with Crippen LogP contribution in [-0.4, -0.2) is 24.6 Å². The lowest BCUT2D eigenvalue weighted by molar-refractivity contribution is -0.151. The van der Waals surface area contributed by atoms with Gasteiger partial charge in [-0.25, -0.2) is 4.79 Å². The highest BCUT2D eigenvalue weighted by atomic mass is 16.5. The Bertz CT molecular complexity index is 517. The topological polar surface area (TPSA) is 60.4 Å². The van der Waals surface area contributed by atoms with E-state index in [4.69, 9.17) is 0 Å². The minimum atomic E-state index is -0.968. The van der Waals surface area contributed by atoms with Crippen LogP contribution >= 0.6 is 0 Å². The Hall–Kier alpha value is -1.97. The molecule has 0 fully saturated rings. The van der Waals surface area contributed by atoms with Crippen molar-refractivity contribution in [1.82, 2.24) is 0 Å². The van der Waals surface area contributed by atoms with Gasteiger partial charge in [-0.05, 0) is 36.5 Å². The van der Waals surface area contributed by atoms with Crippen LogP contribution in [0.4, 0.5) is 0 Å². The van der Waals surface area contributed by atoms with Crippen molar-refractivity contribution in [2.45, 2.75) is 25.7 Å². The molecule has 0 heterocycles. The number of rotatable bonds is 4. The summed E-state index contributed by atoms with van der Waals surface area (Å²) in [5.41, 5.74) is 2.94. The molecule has 0 N–H and O–H groups in total. The van der Waals surface area contributed by atoms with E-state index in [2.05, 4.69) is 4.74 Å². The third kappa shape index (κ3) is 2.47. The van der Waals surface area contributed by atoms with Gasteiger partial charge in [0.05, 0.1) is 13.5 Å². The second-order valence-electron chi connectivity index (χ2n) is 4.35. The number of Topliss-reactive ketones (excluding diaryl/α,β-unsaturated/α-hetero) is 2. The molecule has 94 valence electrons. The van der Waals surface area contributed by atoms with E-state index in [-0.39, 0.29) is 5.78 Å². The summed E-state index contributed by atoms with van der Waals surface area (Å²) >= 11 is 0. The van der Waals surface area contributed by atoms with E-state index < -0.39 is 18.2 Å². The zero-order valence-corrected chi connectivity index (χ0v) is 10.2. The molecule has 4 heteroatoms. The fourth-order valence-electron chi connectivity index (χ4n) is 2.18. The minimum absolute atomic E-state index is 0.333. The Morgan fingerprint density at radius 2 is 1.89 bits per heavy atom. The molecule has 1 aromatic rings. The van der Waals surface area contributed by atoms with Crippen LogP contribution in [0.5, 0.6) is 0 Å². The van der Waals surface area contributed by atoms with Crippen LogP contribution in [0.2, 0.25) is 0 Å². The lowest BCUT2D eigenvalue weighted by Crippen LogP contribution is -2.19. The molecule has 0 atom stereocenters. The van der Waals surface area contributed by atoms with E-state index in [0.29, 0.717) is 5.56 Å². The molecule has 18 heavy (non-hydrogen) atoms. The normalized spacial score (nSPS) is 12.9. The summed E-state index contributed by atoms with van der Waals surface area (Å²) in [6.45, 7) is 0. The molecule has 4 nitrogen and oxygen atoms in total. The number of methoxy groups -OCH3 is 1. The fraction of sp³-hybridized carbons (Fsp3) is 0.357. The highest BCUT2D eigenvalue weighted by Gasteiger charge is 2.20. The minimum Gasteiger partial charge on any atom is -0.463 e. The summed E-state index contributed by atoms with van der Waals surface area (Å²) in [7, 11) is 1.13. The predicted octanol–water partition coefficient (Wildman–Crippen LogP) is 1.49. The lowest BCUT2D eigenvalue weighted by Gasteiger charge is -2.03. The van der Waals surface area contributed by atoms with Gasteiger partial charge >= 0.3 is 5.97 Å². The number of hydrogen-bond acceptors (Lipinski definition) is 4. The smallest absolute Gasteiger partial charge is 0.374 e. The Morgan fingerprint density at radius 3 is 2.61 bits per heavy atom. The van der Waals surface area contributed by atoms with Crippen LogP contribution in [0, 0.1) is 0 Å². The van der Waals surface area contributed by atoms with Crippen molar-refractivity contribution in [3.8, 4) is 0 Å². The van der Waals surface area contributed by atoms with Gasteiger partial charge < -0.3 is 4.74 Å². The number of carbonyl (C=O) groups is 3. The third-order valence-electron chi connectivity index (χ3n) is 3.15. The Labute approximate surface area is 105 Å². The van der Waals surface area contributed by atoms with Crippen molar-refractivity contribution in [3.63, 3.8) is 0 Å². The number of ketones is 2. The maximum absolute atomic E-state index is 11.8. The van der Waals surface area contributed by atoms with Gasteiger partial charge in [-0.1, -0.05) is 12.1 Å². The van der Waals surface area contributed by atoms with Gasteiger partial charge in [-0.15, -0.1) is 0 Å². The molecular formula is C14H14O4. The van der Waals surface area contributed by atoms with Gasteiger partial charge in [0.1, 0.15) is 0 Å². The quantitative estimate of drug-likeness (QED) is 0.349. The first-order valence-electron chi connectivity index (χ1n) is 5.88. The summed E-state index contributed by atoms with van der Waals surface area (Å²) in [6.07, 6.45) is 2.70. The number of benzene rings is 1. The van der Waals surface area contributed by atoms with Gasteiger partial charge in [-0.3, -0.25) is 9.59 Å². The summed E-state index contributed by atoms with van der Waals surface area (Å²) < 4.78 is 4.28. The predicted molar refractivity (Wildman–Crippen MR) is 64.4 cm³/mol. The lowest BCUT2D eigenvalue weighted by atomic mass is 10.0. The average Bonchev–Trinajstić information content (AvgIpc) is 2.84. The number of fused-ring (bicyclic) bond motifs is 1. The maximum atomic E-state index is 11.8. The molecular weight excluding hydrogens is 232 g/mol. The first kappa shape index (κ1) is 12.5. The van der Waals surface area contributed by atoms with E-state index >= 15 is 0 Å². The second-order valence-corrected chi connectivity index (χ2v) is 4.35. The SMILES string of the molecule is COC(=O)C(=O)CC(=O)c1ccc2c(c1)CCC2. The highest BCUT2D eigenvalue weighted by molar-refractivity contribution is 6.38. The van der Waals surface area contributed by atoms with Crippen molar-refractivity contribution in [2.24, 2.45) is 0 Å². The first-order valence-corrected chi connectivity index (χ1v) is 5.88. The van der Waals surface area contributed by atoms with Crippen LogP contribution in [0.1, 0.15) is 34.3 Å². The maximum Gasteiger partial charge on any atom is 0.374 e. The van der Waals surface area contributed by atoms with Gasteiger partial charge in [0, 0.05) is 5.56 Å². The van der Waals surface area contributed by atoms with E-state index in [1.165, 1.54) is 11.1 Å². The van der Waals surface area contributed by atoms with E-state index in [1.54, 1.807) is 6.07 Å². The first-order chi connectivity index (χ1) is 8.61. The Kier molecular flexibility index (Phi) is 3.55. The molecule has 0 amide bonds. The Morgan fingerprint density at radius 1 is 1.17 bits per heavy atom. The van der Waals surface area contributed by atoms with E-state index in [9.17, 15) is 14.4 Å². The average molecular weight is 246 g/mol. The van der Waals surface area contributed by atoms with Crippen molar-refractivity contribution in [1.29, 1.82) is 0 Å². The highest BCUT2D eigenvalue weighted by Crippen LogP contribution is 2.23.